The van der Waals surface area contributed by atoms with Crippen LogP contribution in [-0.2, 0) is 11.3 Å². The third kappa shape index (κ3) is 3.34. The first-order chi connectivity index (χ1) is 13.6. The zero-order valence-electron chi connectivity index (χ0n) is 16.3. The summed E-state index contributed by atoms with van der Waals surface area (Å²) in [6.07, 6.45) is 8.69. The molecule has 1 aromatic rings. The molecule has 5 fully saturated rings. The fraction of sp³-hybridized carbons (Fsp3) is 0.652. The monoisotopic (exact) mass is 382 g/mol. The molecular formula is C23H30N2O3. The number of hydrogen-bond donors (Lipinski definition) is 2. The van der Waals surface area contributed by atoms with Crippen molar-refractivity contribution in [1.82, 2.24) is 10.2 Å². The molecule has 0 spiro atoms. The zero-order valence-corrected chi connectivity index (χ0v) is 16.3. The predicted molar refractivity (Wildman–Crippen MR) is 106 cm³/mol. The highest BCUT2D eigenvalue weighted by atomic mass is 16.4. The summed E-state index contributed by atoms with van der Waals surface area (Å²) in [5, 5.41) is 12.5. The van der Waals surface area contributed by atoms with Crippen LogP contribution in [0.15, 0.2) is 24.3 Å². The smallest absolute Gasteiger partial charge is 0.335 e. The Bertz CT molecular complexity index is 732. The third-order valence-electron chi connectivity index (χ3n) is 7.79. The molecule has 5 nitrogen and oxygen atoms in total. The lowest BCUT2D eigenvalue weighted by atomic mass is 9.54. The lowest BCUT2D eigenvalue weighted by molar-refractivity contribution is -0.129. The maximum absolute atomic E-state index is 13.2. The van der Waals surface area contributed by atoms with Crippen molar-refractivity contribution in [3.05, 3.63) is 35.4 Å². The van der Waals surface area contributed by atoms with Crippen molar-refractivity contribution in [2.24, 2.45) is 23.7 Å². The fourth-order valence-electron chi connectivity index (χ4n) is 6.72. The molecule has 2 N–H and O–H groups in total. The van der Waals surface area contributed by atoms with Gasteiger partial charge >= 0.3 is 5.97 Å². The van der Waals surface area contributed by atoms with Crippen LogP contribution in [0.5, 0.6) is 0 Å². The van der Waals surface area contributed by atoms with Gasteiger partial charge in [-0.25, -0.2) is 4.79 Å². The fourth-order valence-corrected chi connectivity index (χ4v) is 6.72. The largest absolute Gasteiger partial charge is 0.478 e. The van der Waals surface area contributed by atoms with E-state index < -0.39 is 5.97 Å². The van der Waals surface area contributed by atoms with Crippen LogP contribution in [0.2, 0.25) is 0 Å². The summed E-state index contributed by atoms with van der Waals surface area (Å²) >= 11 is 0. The molecule has 1 amide bonds. The van der Waals surface area contributed by atoms with E-state index in [1.165, 1.54) is 32.1 Å². The van der Waals surface area contributed by atoms with Crippen LogP contribution in [0.1, 0.15) is 60.9 Å². The number of carbonyl (C=O) groups excluding carboxylic acids is 1. The van der Waals surface area contributed by atoms with E-state index in [2.05, 4.69) is 10.2 Å². The number of carboxylic acid groups (broad SMARTS) is 1. The molecule has 1 saturated heterocycles. The highest BCUT2D eigenvalue weighted by Gasteiger charge is 2.49. The molecule has 28 heavy (non-hydrogen) atoms. The maximum atomic E-state index is 13.2. The number of likely N-dealkylation sites (tertiary alicyclic amines) is 1. The van der Waals surface area contributed by atoms with Gasteiger partial charge in [-0.1, -0.05) is 12.1 Å². The van der Waals surface area contributed by atoms with E-state index >= 15 is 0 Å². The Labute approximate surface area is 166 Å². The first-order valence-corrected chi connectivity index (χ1v) is 10.9. The van der Waals surface area contributed by atoms with Gasteiger partial charge < -0.3 is 10.4 Å². The standard InChI is InChI=1S/C23H30N2O3/c26-22(24-21-18-9-15-8-16(11-18)12-19(21)10-15)20-2-1-7-25(20)13-14-3-5-17(6-4-14)23(27)28/h3-6,15-16,18-21H,1-2,7-13H2,(H,24,26)(H,27,28). The molecule has 4 aliphatic carbocycles. The second-order valence-corrected chi connectivity index (χ2v) is 9.60. The minimum Gasteiger partial charge on any atom is -0.478 e. The summed E-state index contributed by atoms with van der Waals surface area (Å²) in [6.45, 7) is 1.64. The van der Waals surface area contributed by atoms with E-state index in [9.17, 15) is 9.59 Å². The molecule has 4 bridgehead atoms. The molecule has 5 heteroatoms. The normalized spacial score (nSPS) is 36.6. The van der Waals surface area contributed by atoms with Crippen molar-refractivity contribution in [2.75, 3.05) is 6.54 Å². The van der Waals surface area contributed by atoms with Gasteiger partial charge in [0.2, 0.25) is 5.91 Å². The van der Waals surface area contributed by atoms with Crippen molar-refractivity contribution in [3.8, 4) is 0 Å². The molecule has 1 atom stereocenters. The lowest BCUT2D eigenvalue weighted by Gasteiger charge is -2.54. The van der Waals surface area contributed by atoms with Gasteiger partial charge in [0.25, 0.3) is 0 Å². The Morgan fingerprint density at radius 3 is 2.25 bits per heavy atom. The average Bonchev–Trinajstić information content (AvgIpc) is 3.12. The second kappa shape index (κ2) is 7.18. The second-order valence-electron chi connectivity index (χ2n) is 9.60. The molecular weight excluding hydrogens is 352 g/mol. The van der Waals surface area contributed by atoms with E-state index in [1.807, 2.05) is 12.1 Å². The molecule has 6 rings (SSSR count). The van der Waals surface area contributed by atoms with Crippen LogP contribution in [0.4, 0.5) is 0 Å². The van der Waals surface area contributed by atoms with Gasteiger partial charge in [0.15, 0.2) is 0 Å². The summed E-state index contributed by atoms with van der Waals surface area (Å²) in [4.78, 5) is 26.4. The number of hydrogen-bond acceptors (Lipinski definition) is 3. The van der Waals surface area contributed by atoms with Gasteiger partial charge in [-0.15, -0.1) is 0 Å². The van der Waals surface area contributed by atoms with Crippen molar-refractivity contribution >= 4 is 11.9 Å². The van der Waals surface area contributed by atoms with Crippen LogP contribution < -0.4 is 5.32 Å². The van der Waals surface area contributed by atoms with Crippen LogP contribution >= 0.6 is 0 Å². The predicted octanol–water partition coefficient (Wildman–Crippen LogP) is 3.29. The number of nitrogens with zero attached hydrogens (tertiary/aromatic N) is 1. The number of benzene rings is 1. The Morgan fingerprint density at radius 2 is 1.64 bits per heavy atom. The maximum Gasteiger partial charge on any atom is 0.335 e. The first-order valence-electron chi connectivity index (χ1n) is 10.9. The Hall–Kier alpha value is -1.88. The molecule has 150 valence electrons. The van der Waals surface area contributed by atoms with Gasteiger partial charge in [-0.2, -0.15) is 0 Å². The minimum absolute atomic E-state index is 0.0451. The number of rotatable bonds is 5. The van der Waals surface area contributed by atoms with Gasteiger partial charge in [-0.3, -0.25) is 9.69 Å². The number of nitrogens with one attached hydrogen (secondary N) is 1. The molecule has 1 unspecified atom stereocenters. The van der Waals surface area contributed by atoms with Crippen LogP contribution in [0, 0.1) is 23.7 Å². The Morgan fingerprint density at radius 1 is 1.00 bits per heavy atom. The quantitative estimate of drug-likeness (QED) is 0.820. The molecule has 1 aromatic carbocycles. The summed E-state index contributed by atoms with van der Waals surface area (Å²) in [7, 11) is 0. The topological polar surface area (TPSA) is 69.6 Å². The summed E-state index contributed by atoms with van der Waals surface area (Å²) in [5.41, 5.74) is 1.38. The van der Waals surface area contributed by atoms with Gasteiger partial charge in [0, 0.05) is 12.6 Å². The number of carbonyl (C=O) groups is 2. The van der Waals surface area contributed by atoms with Gasteiger partial charge in [0.05, 0.1) is 11.6 Å². The minimum atomic E-state index is -0.902. The molecule has 1 heterocycles. The van der Waals surface area contributed by atoms with E-state index in [0.29, 0.717) is 30.0 Å². The molecule has 0 aromatic heterocycles. The third-order valence-corrected chi connectivity index (χ3v) is 7.79. The molecule has 0 radical (unpaired) electrons. The molecule has 4 saturated carbocycles. The summed E-state index contributed by atoms with van der Waals surface area (Å²) in [5.74, 6) is 2.58. The highest BCUT2D eigenvalue weighted by molar-refractivity contribution is 5.87. The van der Waals surface area contributed by atoms with Crippen molar-refractivity contribution in [2.45, 2.75) is 63.6 Å². The lowest BCUT2D eigenvalue weighted by Crippen LogP contribution is -2.58. The number of amides is 1. The van der Waals surface area contributed by atoms with Gasteiger partial charge in [-0.05, 0) is 92.9 Å². The Balaban J connectivity index is 1.22. The van der Waals surface area contributed by atoms with Crippen molar-refractivity contribution in [1.29, 1.82) is 0 Å². The number of carboxylic acids is 1. The zero-order chi connectivity index (χ0) is 19.3. The first kappa shape index (κ1) is 18.2. The van der Waals surface area contributed by atoms with E-state index in [4.69, 9.17) is 5.11 Å². The van der Waals surface area contributed by atoms with Gasteiger partial charge in [0.1, 0.15) is 0 Å². The van der Waals surface area contributed by atoms with E-state index in [0.717, 1.165) is 36.8 Å². The van der Waals surface area contributed by atoms with Crippen molar-refractivity contribution < 1.29 is 14.7 Å². The average molecular weight is 383 g/mol. The van der Waals surface area contributed by atoms with Crippen molar-refractivity contribution in [3.63, 3.8) is 0 Å². The SMILES string of the molecule is O=C(O)c1ccc(CN2CCCC2C(=O)NC2C3CC4CC(C3)CC2C4)cc1. The van der Waals surface area contributed by atoms with E-state index in [-0.39, 0.29) is 11.9 Å². The molecule has 5 aliphatic rings. The summed E-state index contributed by atoms with van der Waals surface area (Å²) in [6, 6.07) is 7.39. The van der Waals surface area contributed by atoms with Crippen LogP contribution in [-0.4, -0.2) is 40.5 Å². The molecule has 1 aliphatic heterocycles. The van der Waals surface area contributed by atoms with E-state index in [1.54, 1.807) is 12.1 Å². The summed E-state index contributed by atoms with van der Waals surface area (Å²) < 4.78 is 0. The Kier molecular flexibility index (Phi) is 4.66. The highest BCUT2D eigenvalue weighted by Crippen LogP contribution is 2.53. The van der Waals surface area contributed by atoms with Crippen LogP contribution in [0.25, 0.3) is 0 Å². The van der Waals surface area contributed by atoms with Crippen LogP contribution in [0.3, 0.4) is 0 Å². The number of aromatic carboxylic acids is 1.